The minimum Gasteiger partial charge on any atom is -0.467 e. The van der Waals surface area contributed by atoms with Gasteiger partial charge in [-0.15, -0.1) is 12.3 Å². The number of hydrogen-bond donors (Lipinski definition) is 1. The first-order valence-electron chi connectivity index (χ1n) is 6.16. The van der Waals surface area contributed by atoms with Gasteiger partial charge in [-0.25, -0.2) is 9.18 Å². The fraction of sp³-hybridized carbons (Fsp3) is 0.333. The number of amides is 1. The summed E-state index contributed by atoms with van der Waals surface area (Å²) in [4.78, 5) is 23.5. The van der Waals surface area contributed by atoms with Crippen LogP contribution in [0.2, 0.25) is 0 Å². The third-order valence-electron chi connectivity index (χ3n) is 2.71. The first-order valence-corrected chi connectivity index (χ1v) is 6.16. The van der Waals surface area contributed by atoms with E-state index in [9.17, 15) is 14.0 Å². The van der Waals surface area contributed by atoms with Gasteiger partial charge in [0.15, 0.2) is 0 Å². The van der Waals surface area contributed by atoms with Gasteiger partial charge in [0.05, 0.1) is 7.11 Å². The van der Waals surface area contributed by atoms with Crippen LogP contribution in [-0.2, 0) is 9.53 Å². The fourth-order valence-electron chi connectivity index (χ4n) is 1.64. The molecule has 0 spiro atoms. The van der Waals surface area contributed by atoms with Crippen molar-refractivity contribution < 1.29 is 18.7 Å². The molecule has 0 saturated heterocycles. The molecule has 1 rings (SSSR count). The highest BCUT2D eigenvalue weighted by molar-refractivity contribution is 5.96. The monoisotopic (exact) mass is 277 g/mol. The number of carbonyl (C=O) groups is 2. The van der Waals surface area contributed by atoms with Crippen LogP contribution in [0.15, 0.2) is 24.3 Å². The number of carbonyl (C=O) groups excluding carboxylic acids is 2. The van der Waals surface area contributed by atoms with Crippen LogP contribution in [0, 0.1) is 18.2 Å². The van der Waals surface area contributed by atoms with E-state index in [1.54, 1.807) is 0 Å². The highest BCUT2D eigenvalue weighted by Gasteiger charge is 2.21. The van der Waals surface area contributed by atoms with Crippen molar-refractivity contribution in [1.82, 2.24) is 5.32 Å². The number of terminal acetylenes is 1. The Kier molecular flexibility index (Phi) is 6.24. The molecule has 1 amide bonds. The van der Waals surface area contributed by atoms with Gasteiger partial charge in [0.1, 0.15) is 11.9 Å². The second-order valence-corrected chi connectivity index (χ2v) is 4.15. The van der Waals surface area contributed by atoms with Crippen molar-refractivity contribution >= 4 is 11.9 Å². The Morgan fingerprint density at radius 3 is 2.60 bits per heavy atom. The molecule has 106 valence electrons. The standard InChI is InChI=1S/C15H16FNO3/c1-3-4-5-6-13(15(19)20-2)17-14(18)11-7-9-12(16)10-8-11/h1,7-10,13H,4-6H2,2H3,(H,17,18)/t13-/m0/s1. The quantitative estimate of drug-likeness (QED) is 0.491. The van der Waals surface area contributed by atoms with Gasteiger partial charge in [0.2, 0.25) is 0 Å². The molecule has 0 aliphatic rings. The normalized spacial score (nSPS) is 11.2. The molecule has 0 aliphatic heterocycles. The van der Waals surface area contributed by atoms with Crippen LogP contribution in [0.1, 0.15) is 29.6 Å². The second-order valence-electron chi connectivity index (χ2n) is 4.15. The first-order chi connectivity index (χ1) is 9.58. The van der Waals surface area contributed by atoms with E-state index in [2.05, 4.69) is 16.0 Å². The lowest BCUT2D eigenvalue weighted by Crippen LogP contribution is -2.41. The summed E-state index contributed by atoms with van der Waals surface area (Å²) in [6, 6.07) is 4.30. The molecule has 0 heterocycles. The molecule has 0 aliphatic carbocycles. The van der Waals surface area contributed by atoms with Crippen molar-refractivity contribution in [1.29, 1.82) is 0 Å². The van der Waals surface area contributed by atoms with E-state index in [1.807, 2.05) is 0 Å². The van der Waals surface area contributed by atoms with Crippen LogP contribution in [0.5, 0.6) is 0 Å². The number of rotatable bonds is 6. The second kappa shape index (κ2) is 7.95. The number of hydrogen-bond acceptors (Lipinski definition) is 3. The lowest BCUT2D eigenvalue weighted by atomic mass is 10.1. The molecular weight excluding hydrogens is 261 g/mol. The minimum atomic E-state index is -0.758. The largest absolute Gasteiger partial charge is 0.467 e. The average Bonchev–Trinajstić information content (AvgIpc) is 2.46. The molecule has 0 bridgehead atoms. The van der Waals surface area contributed by atoms with Crippen LogP contribution in [0.25, 0.3) is 0 Å². The summed E-state index contributed by atoms with van der Waals surface area (Å²) < 4.78 is 17.4. The van der Waals surface area contributed by atoms with Crippen molar-refractivity contribution in [2.24, 2.45) is 0 Å². The Balaban J connectivity index is 2.68. The Morgan fingerprint density at radius 1 is 1.40 bits per heavy atom. The Hall–Kier alpha value is -2.35. The number of esters is 1. The molecule has 1 aromatic carbocycles. The summed E-state index contributed by atoms with van der Waals surface area (Å²) in [5.41, 5.74) is 0.275. The third-order valence-corrected chi connectivity index (χ3v) is 2.71. The Bertz CT molecular complexity index is 505. The molecular formula is C15H16FNO3. The SMILES string of the molecule is C#CCCC[C@H](NC(=O)c1ccc(F)cc1)C(=O)OC. The zero-order valence-electron chi connectivity index (χ0n) is 11.2. The van der Waals surface area contributed by atoms with Gasteiger partial charge in [0.25, 0.3) is 5.91 Å². The summed E-state index contributed by atoms with van der Waals surface area (Å²) in [6.07, 6.45) is 6.64. The number of unbranched alkanes of at least 4 members (excludes halogenated alkanes) is 1. The highest BCUT2D eigenvalue weighted by Crippen LogP contribution is 2.06. The predicted molar refractivity (Wildman–Crippen MR) is 72.4 cm³/mol. The summed E-state index contributed by atoms with van der Waals surface area (Å²) in [7, 11) is 1.25. The van der Waals surface area contributed by atoms with E-state index < -0.39 is 23.7 Å². The molecule has 0 unspecified atom stereocenters. The Labute approximate surface area is 117 Å². The van der Waals surface area contributed by atoms with Crippen molar-refractivity contribution in [2.75, 3.05) is 7.11 Å². The van der Waals surface area contributed by atoms with Gasteiger partial charge in [-0.2, -0.15) is 0 Å². The van der Waals surface area contributed by atoms with Gasteiger partial charge in [-0.1, -0.05) is 0 Å². The van der Waals surface area contributed by atoms with Crippen LogP contribution >= 0.6 is 0 Å². The average molecular weight is 277 g/mol. The van der Waals surface area contributed by atoms with E-state index >= 15 is 0 Å². The summed E-state index contributed by atoms with van der Waals surface area (Å²) in [6.45, 7) is 0. The molecule has 0 fully saturated rings. The van der Waals surface area contributed by atoms with E-state index in [-0.39, 0.29) is 5.56 Å². The van der Waals surface area contributed by atoms with Crippen molar-refractivity contribution in [3.8, 4) is 12.3 Å². The molecule has 1 atom stereocenters. The lowest BCUT2D eigenvalue weighted by Gasteiger charge is -2.16. The lowest BCUT2D eigenvalue weighted by molar-refractivity contribution is -0.143. The summed E-state index contributed by atoms with van der Waals surface area (Å²) in [5.74, 6) is 1.05. The molecule has 1 aromatic rings. The molecule has 0 saturated carbocycles. The van der Waals surface area contributed by atoms with Gasteiger partial charge in [-0.3, -0.25) is 4.79 Å². The van der Waals surface area contributed by atoms with Gasteiger partial charge >= 0.3 is 5.97 Å². The maximum Gasteiger partial charge on any atom is 0.328 e. The van der Waals surface area contributed by atoms with Gasteiger partial charge < -0.3 is 10.1 Å². The van der Waals surface area contributed by atoms with Crippen LogP contribution in [0.4, 0.5) is 4.39 Å². The van der Waals surface area contributed by atoms with Crippen molar-refractivity contribution in [3.63, 3.8) is 0 Å². The van der Waals surface area contributed by atoms with Crippen molar-refractivity contribution in [2.45, 2.75) is 25.3 Å². The minimum absolute atomic E-state index is 0.275. The molecule has 20 heavy (non-hydrogen) atoms. The summed E-state index contributed by atoms with van der Waals surface area (Å²) >= 11 is 0. The first kappa shape index (κ1) is 15.7. The van der Waals surface area contributed by atoms with Gasteiger partial charge in [0, 0.05) is 12.0 Å². The topological polar surface area (TPSA) is 55.4 Å². The molecule has 1 N–H and O–H groups in total. The number of nitrogens with one attached hydrogen (secondary N) is 1. The smallest absolute Gasteiger partial charge is 0.328 e. The number of halogens is 1. The highest BCUT2D eigenvalue weighted by atomic mass is 19.1. The van der Waals surface area contributed by atoms with E-state index in [1.165, 1.54) is 31.4 Å². The maximum absolute atomic E-state index is 12.8. The maximum atomic E-state index is 12.8. The molecule has 5 heteroatoms. The molecule has 0 aromatic heterocycles. The van der Waals surface area contributed by atoms with Gasteiger partial charge in [-0.05, 0) is 37.1 Å². The number of benzene rings is 1. The molecule has 4 nitrogen and oxygen atoms in total. The van der Waals surface area contributed by atoms with E-state index in [0.29, 0.717) is 19.3 Å². The Morgan fingerprint density at radius 2 is 2.05 bits per heavy atom. The van der Waals surface area contributed by atoms with Crippen molar-refractivity contribution in [3.05, 3.63) is 35.6 Å². The summed E-state index contributed by atoms with van der Waals surface area (Å²) in [5, 5.41) is 2.56. The third kappa shape index (κ3) is 4.73. The van der Waals surface area contributed by atoms with Crippen LogP contribution < -0.4 is 5.32 Å². The van der Waals surface area contributed by atoms with Crippen LogP contribution in [-0.4, -0.2) is 25.0 Å². The predicted octanol–water partition coefficient (Wildman–Crippen LogP) is 1.90. The van der Waals surface area contributed by atoms with E-state index in [0.717, 1.165) is 0 Å². The number of ether oxygens (including phenoxy) is 1. The number of methoxy groups -OCH3 is 1. The zero-order valence-corrected chi connectivity index (χ0v) is 11.2. The van der Waals surface area contributed by atoms with E-state index in [4.69, 9.17) is 6.42 Å². The zero-order chi connectivity index (χ0) is 15.0. The van der Waals surface area contributed by atoms with Crippen LogP contribution in [0.3, 0.4) is 0 Å². The molecule has 0 radical (unpaired) electrons. The fourth-order valence-corrected chi connectivity index (χ4v) is 1.64.